The maximum absolute atomic E-state index is 11.3. The van der Waals surface area contributed by atoms with Gasteiger partial charge in [-0.2, -0.15) is 0 Å². The van der Waals surface area contributed by atoms with Gasteiger partial charge < -0.3 is 10.3 Å². The van der Waals surface area contributed by atoms with Gasteiger partial charge in [0.1, 0.15) is 12.4 Å². The van der Waals surface area contributed by atoms with Gasteiger partial charge >= 0.3 is 0 Å². The Balaban J connectivity index is 2.25. The van der Waals surface area contributed by atoms with E-state index in [0.29, 0.717) is 24.6 Å². The third-order valence-electron chi connectivity index (χ3n) is 2.08. The molecule has 2 rings (SSSR count). The van der Waals surface area contributed by atoms with Crippen molar-refractivity contribution in [2.45, 2.75) is 13.3 Å². The number of rotatable bonds is 2. The summed E-state index contributed by atoms with van der Waals surface area (Å²) in [6.07, 6.45) is 1.69. The number of anilines is 2. The Labute approximate surface area is 85.5 Å². The van der Waals surface area contributed by atoms with Crippen molar-refractivity contribution in [1.82, 2.24) is 15.4 Å². The predicted molar refractivity (Wildman–Crippen MR) is 54.3 cm³/mol. The van der Waals surface area contributed by atoms with Crippen molar-refractivity contribution in [3.63, 3.8) is 0 Å². The van der Waals surface area contributed by atoms with E-state index >= 15 is 0 Å². The summed E-state index contributed by atoms with van der Waals surface area (Å²) in [5, 5.41) is 4.36. The lowest BCUT2D eigenvalue weighted by molar-refractivity contribution is -0.120. The zero-order valence-electron chi connectivity index (χ0n) is 8.20. The Morgan fingerprint density at radius 1 is 1.73 bits per heavy atom. The molecule has 0 atom stereocenters. The number of aromatic nitrogens is 2. The molecule has 3 N–H and O–H groups in total. The molecule has 0 saturated carbocycles. The molecular weight excluding hydrogens is 198 g/mol. The monoisotopic (exact) mass is 209 g/mol. The summed E-state index contributed by atoms with van der Waals surface area (Å²) in [6, 6.07) is 0. The highest BCUT2D eigenvalue weighted by atomic mass is 16.2. The Kier molecular flexibility index (Phi) is 2.28. The van der Waals surface area contributed by atoms with Crippen molar-refractivity contribution in [3.8, 4) is 0 Å². The van der Waals surface area contributed by atoms with Crippen molar-refractivity contribution < 1.29 is 4.79 Å². The summed E-state index contributed by atoms with van der Waals surface area (Å²) < 4.78 is 0. The van der Waals surface area contributed by atoms with Crippen LogP contribution in [0.5, 0.6) is 0 Å². The lowest BCUT2D eigenvalue weighted by Gasteiger charge is -2.16. The van der Waals surface area contributed by atoms with Crippen LogP contribution in [0.2, 0.25) is 0 Å². The zero-order valence-corrected chi connectivity index (χ0v) is 8.20. The van der Waals surface area contributed by atoms with Crippen molar-refractivity contribution in [3.05, 3.63) is 16.7 Å². The van der Waals surface area contributed by atoms with Gasteiger partial charge in [0, 0.05) is 6.42 Å². The second-order valence-electron chi connectivity index (χ2n) is 3.08. The maximum atomic E-state index is 11.3. The van der Waals surface area contributed by atoms with Gasteiger partial charge in [-0.3, -0.25) is 15.0 Å². The first-order chi connectivity index (χ1) is 7.22. The minimum Gasteiger partial charge on any atom is -0.359 e. The number of H-pyrrole nitrogens is 1. The molecule has 0 unspecified atom stereocenters. The smallest absolute Gasteiger partial charge is 0.276 e. The maximum Gasteiger partial charge on any atom is 0.276 e. The molecule has 0 aromatic carbocycles. The highest BCUT2D eigenvalue weighted by molar-refractivity contribution is 5.80. The number of nitrogens with zero attached hydrogens (tertiary/aromatic N) is 2. The van der Waals surface area contributed by atoms with Crippen LogP contribution in [0.4, 0.5) is 11.5 Å². The van der Waals surface area contributed by atoms with E-state index in [9.17, 15) is 9.59 Å². The SMILES string of the molecule is CCC(=O)NN1CNc2c1nc[nH]c2=O. The third-order valence-corrected chi connectivity index (χ3v) is 2.08. The Morgan fingerprint density at radius 3 is 3.27 bits per heavy atom. The van der Waals surface area contributed by atoms with E-state index in [4.69, 9.17) is 0 Å². The molecule has 1 aromatic heterocycles. The molecular formula is C8H11N5O2. The summed E-state index contributed by atoms with van der Waals surface area (Å²) in [7, 11) is 0. The lowest BCUT2D eigenvalue weighted by atomic mass is 10.5. The first-order valence-electron chi connectivity index (χ1n) is 4.61. The van der Waals surface area contributed by atoms with Crippen LogP contribution in [0.3, 0.4) is 0 Å². The number of amides is 1. The van der Waals surface area contributed by atoms with E-state index in [1.54, 1.807) is 6.92 Å². The Bertz CT molecular complexity index is 441. The molecule has 1 aliphatic rings. The molecule has 0 aliphatic carbocycles. The number of hydrogen-bond donors (Lipinski definition) is 3. The van der Waals surface area contributed by atoms with Crippen LogP contribution in [0.15, 0.2) is 11.1 Å². The fourth-order valence-corrected chi connectivity index (χ4v) is 1.31. The molecule has 0 spiro atoms. The first-order valence-corrected chi connectivity index (χ1v) is 4.61. The minimum absolute atomic E-state index is 0.119. The molecule has 0 fully saturated rings. The molecule has 0 saturated heterocycles. The van der Waals surface area contributed by atoms with Crippen LogP contribution in [0.1, 0.15) is 13.3 Å². The van der Waals surface area contributed by atoms with Crippen molar-refractivity contribution >= 4 is 17.4 Å². The van der Waals surface area contributed by atoms with Gasteiger partial charge in [-0.15, -0.1) is 0 Å². The Morgan fingerprint density at radius 2 is 2.53 bits per heavy atom. The molecule has 1 aromatic rings. The van der Waals surface area contributed by atoms with Crippen LogP contribution in [0.25, 0.3) is 0 Å². The molecule has 80 valence electrons. The molecule has 1 amide bonds. The second-order valence-corrected chi connectivity index (χ2v) is 3.08. The quantitative estimate of drug-likeness (QED) is 0.605. The molecule has 1 aliphatic heterocycles. The van der Waals surface area contributed by atoms with Gasteiger partial charge in [-0.1, -0.05) is 6.92 Å². The summed E-state index contributed by atoms with van der Waals surface area (Å²) in [5.41, 5.74) is 2.77. The topological polar surface area (TPSA) is 90.1 Å². The summed E-state index contributed by atoms with van der Waals surface area (Å²) in [6.45, 7) is 2.10. The number of hydrogen-bond acceptors (Lipinski definition) is 5. The number of fused-ring (bicyclic) bond motifs is 1. The molecule has 0 bridgehead atoms. The van der Waals surface area contributed by atoms with E-state index < -0.39 is 0 Å². The zero-order chi connectivity index (χ0) is 10.8. The molecule has 7 heteroatoms. The van der Waals surface area contributed by atoms with Gasteiger partial charge in [-0.05, 0) is 0 Å². The highest BCUT2D eigenvalue weighted by Crippen LogP contribution is 2.21. The molecule has 0 radical (unpaired) electrons. The minimum atomic E-state index is -0.242. The third kappa shape index (κ3) is 1.63. The van der Waals surface area contributed by atoms with Crippen molar-refractivity contribution in [1.29, 1.82) is 0 Å². The van der Waals surface area contributed by atoms with Crippen molar-refractivity contribution in [2.75, 3.05) is 17.0 Å². The fraction of sp³-hybridized carbons (Fsp3) is 0.375. The Hall–Kier alpha value is -2.05. The molecule has 2 heterocycles. The lowest BCUT2D eigenvalue weighted by Crippen LogP contribution is -2.42. The van der Waals surface area contributed by atoms with Crippen LogP contribution >= 0.6 is 0 Å². The highest BCUT2D eigenvalue weighted by Gasteiger charge is 2.23. The van der Waals surface area contributed by atoms with E-state index in [0.717, 1.165) is 0 Å². The van der Waals surface area contributed by atoms with Crippen LogP contribution in [0, 0.1) is 0 Å². The first kappa shape index (κ1) is 9.50. The largest absolute Gasteiger partial charge is 0.359 e. The number of carbonyl (C=O) groups excluding carboxylic acids is 1. The van der Waals surface area contributed by atoms with E-state index in [-0.39, 0.29) is 11.5 Å². The van der Waals surface area contributed by atoms with E-state index in [2.05, 4.69) is 20.7 Å². The van der Waals surface area contributed by atoms with Crippen LogP contribution in [-0.4, -0.2) is 22.5 Å². The van der Waals surface area contributed by atoms with Crippen LogP contribution < -0.4 is 21.3 Å². The summed E-state index contributed by atoms with van der Waals surface area (Å²) in [4.78, 5) is 28.9. The van der Waals surface area contributed by atoms with E-state index in [1.807, 2.05) is 0 Å². The number of hydrazine groups is 1. The predicted octanol–water partition coefficient (Wildman–Crippen LogP) is -0.600. The van der Waals surface area contributed by atoms with Gasteiger partial charge in [0.05, 0.1) is 6.33 Å². The summed E-state index contributed by atoms with van der Waals surface area (Å²) >= 11 is 0. The average molecular weight is 209 g/mol. The van der Waals surface area contributed by atoms with E-state index in [1.165, 1.54) is 11.3 Å². The number of carbonyl (C=O) groups is 1. The average Bonchev–Trinajstić information content (AvgIpc) is 2.63. The van der Waals surface area contributed by atoms with Crippen molar-refractivity contribution in [2.24, 2.45) is 0 Å². The molecule has 7 nitrogen and oxygen atoms in total. The standard InChI is InChI=1S/C8H11N5O2/c1-2-5(14)12-13-4-11-6-7(13)9-3-10-8(6)15/h3,11H,2,4H2,1H3,(H,12,14)(H,9,10,15). The van der Waals surface area contributed by atoms with Gasteiger partial charge in [-0.25, -0.2) is 9.99 Å². The normalized spacial score (nSPS) is 13.3. The van der Waals surface area contributed by atoms with Gasteiger partial charge in [0.15, 0.2) is 5.82 Å². The number of aromatic amines is 1. The number of nitrogens with one attached hydrogen (secondary N) is 3. The fourth-order valence-electron chi connectivity index (χ4n) is 1.31. The second kappa shape index (κ2) is 3.60. The van der Waals surface area contributed by atoms with Crippen LogP contribution in [-0.2, 0) is 4.79 Å². The molecule has 15 heavy (non-hydrogen) atoms. The van der Waals surface area contributed by atoms with Gasteiger partial charge in [0.25, 0.3) is 5.56 Å². The van der Waals surface area contributed by atoms with Gasteiger partial charge in [0.2, 0.25) is 5.91 Å². The summed E-state index contributed by atoms with van der Waals surface area (Å²) in [5.74, 6) is 0.326.